The summed E-state index contributed by atoms with van der Waals surface area (Å²) < 4.78 is 11.2. The highest BCUT2D eigenvalue weighted by Crippen LogP contribution is 2.53. The zero-order chi connectivity index (χ0) is 16.7. The van der Waals surface area contributed by atoms with Gasteiger partial charge in [-0.3, -0.25) is 4.90 Å². The zero-order valence-electron chi connectivity index (χ0n) is 14.5. The van der Waals surface area contributed by atoms with Gasteiger partial charge in [-0.1, -0.05) is 17.3 Å². The number of piperazine rings is 1. The van der Waals surface area contributed by atoms with Gasteiger partial charge in [-0.15, -0.1) is 0 Å². The van der Waals surface area contributed by atoms with Crippen LogP contribution in [0.25, 0.3) is 0 Å². The van der Waals surface area contributed by atoms with Crippen LogP contribution in [0, 0.1) is 6.92 Å². The number of rotatable bonds is 4. The Morgan fingerprint density at radius 3 is 2.92 bits per heavy atom. The summed E-state index contributed by atoms with van der Waals surface area (Å²) in [6.45, 7) is 4.92. The second kappa shape index (κ2) is 5.86. The van der Waals surface area contributed by atoms with Gasteiger partial charge >= 0.3 is 0 Å². The molecule has 24 heavy (non-hydrogen) atoms. The van der Waals surface area contributed by atoms with Crippen molar-refractivity contribution in [1.29, 1.82) is 0 Å². The van der Waals surface area contributed by atoms with Gasteiger partial charge in [0.25, 0.3) is 0 Å². The van der Waals surface area contributed by atoms with Crippen LogP contribution in [-0.2, 0) is 5.41 Å². The molecule has 1 saturated heterocycles. The lowest BCUT2D eigenvalue weighted by Crippen LogP contribution is -2.44. The molecule has 2 fully saturated rings. The van der Waals surface area contributed by atoms with Crippen molar-refractivity contribution >= 4 is 0 Å². The molecule has 2 aromatic rings. The van der Waals surface area contributed by atoms with E-state index in [-0.39, 0.29) is 11.5 Å². The molecule has 6 heteroatoms. The van der Waals surface area contributed by atoms with E-state index in [1.54, 1.807) is 7.11 Å². The Morgan fingerprint density at radius 2 is 2.21 bits per heavy atom. The molecule has 1 unspecified atom stereocenters. The van der Waals surface area contributed by atoms with Crippen molar-refractivity contribution in [2.75, 3.05) is 33.8 Å². The van der Waals surface area contributed by atoms with Crippen molar-refractivity contribution < 1.29 is 9.26 Å². The quantitative estimate of drug-likeness (QED) is 0.927. The molecule has 1 saturated carbocycles. The molecule has 1 aliphatic heterocycles. The van der Waals surface area contributed by atoms with Crippen LogP contribution in [0.1, 0.15) is 41.7 Å². The Kier molecular flexibility index (Phi) is 3.81. The van der Waals surface area contributed by atoms with E-state index in [4.69, 9.17) is 14.2 Å². The minimum absolute atomic E-state index is 0.132. The molecule has 0 radical (unpaired) electrons. The molecule has 0 bridgehead atoms. The molecule has 6 nitrogen and oxygen atoms in total. The van der Waals surface area contributed by atoms with Gasteiger partial charge in [-0.25, -0.2) is 0 Å². The SMILES string of the molecule is COc1cc(C2(c3nc(C4CNCCN4C)no3)CC2)ccc1C. The second-order valence-electron chi connectivity index (χ2n) is 6.92. The smallest absolute Gasteiger partial charge is 0.237 e. The van der Waals surface area contributed by atoms with Crippen LogP contribution >= 0.6 is 0 Å². The number of nitrogens with one attached hydrogen (secondary N) is 1. The van der Waals surface area contributed by atoms with E-state index in [1.807, 2.05) is 0 Å². The Hall–Kier alpha value is -1.92. The number of likely N-dealkylation sites (N-methyl/N-ethyl adjacent to an activating group) is 1. The first kappa shape index (κ1) is 15.6. The van der Waals surface area contributed by atoms with E-state index >= 15 is 0 Å². The number of aromatic nitrogens is 2. The summed E-state index contributed by atoms with van der Waals surface area (Å²) in [7, 11) is 3.82. The lowest BCUT2D eigenvalue weighted by atomic mass is 9.94. The van der Waals surface area contributed by atoms with Gasteiger partial charge in [0.2, 0.25) is 5.89 Å². The number of benzene rings is 1. The predicted molar refractivity (Wildman–Crippen MR) is 90.3 cm³/mol. The topological polar surface area (TPSA) is 63.4 Å². The summed E-state index contributed by atoms with van der Waals surface area (Å²) in [5, 5.41) is 7.68. The Bertz CT molecular complexity index is 738. The van der Waals surface area contributed by atoms with E-state index in [0.717, 1.165) is 55.5 Å². The lowest BCUT2D eigenvalue weighted by molar-refractivity contribution is 0.190. The summed E-state index contributed by atoms with van der Waals surface area (Å²) in [4.78, 5) is 7.05. The van der Waals surface area contributed by atoms with Crippen LogP contribution in [0.4, 0.5) is 0 Å². The van der Waals surface area contributed by atoms with Gasteiger partial charge in [-0.05, 0) is 44.0 Å². The maximum absolute atomic E-state index is 5.70. The van der Waals surface area contributed by atoms with Crippen LogP contribution in [-0.4, -0.2) is 48.8 Å². The third-order valence-electron chi connectivity index (χ3n) is 5.37. The summed E-state index contributed by atoms with van der Waals surface area (Å²) in [6.07, 6.45) is 2.08. The average Bonchev–Trinajstić information content (AvgIpc) is 3.26. The number of nitrogens with zero attached hydrogens (tertiary/aromatic N) is 3. The van der Waals surface area contributed by atoms with Crippen LogP contribution in [0.15, 0.2) is 22.7 Å². The monoisotopic (exact) mass is 328 g/mol. The number of hydrogen-bond acceptors (Lipinski definition) is 6. The van der Waals surface area contributed by atoms with Crippen LogP contribution in [0.2, 0.25) is 0 Å². The third-order valence-corrected chi connectivity index (χ3v) is 5.37. The fraction of sp³-hybridized carbons (Fsp3) is 0.556. The highest BCUT2D eigenvalue weighted by molar-refractivity contribution is 5.45. The van der Waals surface area contributed by atoms with Crippen molar-refractivity contribution in [3.63, 3.8) is 0 Å². The second-order valence-corrected chi connectivity index (χ2v) is 6.92. The van der Waals surface area contributed by atoms with Gasteiger partial charge in [0.1, 0.15) is 5.75 Å². The summed E-state index contributed by atoms with van der Waals surface area (Å²) in [5.41, 5.74) is 2.21. The van der Waals surface area contributed by atoms with Crippen molar-refractivity contribution in [3.8, 4) is 5.75 Å². The number of aryl methyl sites for hydroxylation is 1. The van der Waals surface area contributed by atoms with Crippen molar-refractivity contribution in [2.45, 2.75) is 31.2 Å². The standard InChI is InChI=1S/C18H24N4O2/c1-12-4-5-13(10-15(12)23-3)18(6-7-18)17-20-16(21-24-17)14-11-19-8-9-22(14)2/h4-5,10,14,19H,6-9,11H2,1-3H3. The number of hydrogen-bond donors (Lipinski definition) is 1. The maximum atomic E-state index is 5.70. The summed E-state index contributed by atoms with van der Waals surface area (Å²) in [6, 6.07) is 6.55. The van der Waals surface area contributed by atoms with Crippen LogP contribution < -0.4 is 10.1 Å². The van der Waals surface area contributed by atoms with E-state index < -0.39 is 0 Å². The molecule has 0 amide bonds. The average molecular weight is 328 g/mol. The van der Waals surface area contributed by atoms with Gasteiger partial charge in [0.15, 0.2) is 5.82 Å². The van der Waals surface area contributed by atoms with E-state index in [0.29, 0.717) is 0 Å². The van der Waals surface area contributed by atoms with Crippen molar-refractivity contribution in [3.05, 3.63) is 41.0 Å². The molecule has 1 atom stereocenters. The molecular weight excluding hydrogens is 304 g/mol. The fourth-order valence-electron chi connectivity index (χ4n) is 3.53. The summed E-state index contributed by atoms with van der Waals surface area (Å²) in [5.74, 6) is 2.43. The third kappa shape index (κ3) is 2.50. The molecule has 1 aliphatic carbocycles. The van der Waals surface area contributed by atoms with Gasteiger partial charge in [0.05, 0.1) is 18.6 Å². The van der Waals surface area contributed by atoms with E-state index in [1.165, 1.54) is 5.56 Å². The van der Waals surface area contributed by atoms with Gasteiger partial charge in [-0.2, -0.15) is 4.98 Å². The molecule has 4 rings (SSSR count). The molecule has 128 valence electrons. The Balaban J connectivity index is 1.64. The molecule has 0 spiro atoms. The molecule has 1 aromatic carbocycles. The molecule has 1 aromatic heterocycles. The molecule has 1 N–H and O–H groups in total. The highest BCUT2D eigenvalue weighted by atomic mass is 16.5. The first-order chi connectivity index (χ1) is 11.6. The van der Waals surface area contributed by atoms with Crippen LogP contribution in [0.5, 0.6) is 5.75 Å². The fourth-order valence-corrected chi connectivity index (χ4v) is 3.53. The van der Waals surface area contributed by atoms with Gasteiger partial charge < -0.3 is 14.6 Å². The predicted octanol–water partition coefficient (Wildman–Crippen LogP) is 2.04. The zero-order valence-corrected chi connectivity index (χ0v) is 14.5. The lowest BCUT2D eigenvalue weighted by Gasteiger charge is -2.30. The first-order valence-electron chi connectivity index (χ1n) is 8.54. The number of methoxy groups -OCH3 is 1. The summed E-state index contributed by atoms with van der Waals surface area (Å²) >= 11 is 0. The van der Waals surface area contributed by atoms with E-state index in [9.17, 15) is 0 Å². The largest absolute Gasteiger partial charge is 0.496 e. The normalized spacial score (nSPS) is 23.2. The van der Waals surface area contributed by atoms with Crippen LogP contribution in [0.3, 0.4) is 0 Å². The molecule has 2 aliphatic rings. The van der Waals surface area contributed by atoms with Crippen molar-refractivity contribution in [2.24, 2.45) is 0 Å². The minimum atomic E-state index is -0.132. The van der Waals surface area contributed by atoms with Gasteiger partial charge in [0, 0.05) is 19.6 Å². The Morgan fingerprint density at radius 1 is 1.38 bits per heavy atom. The minimum Gasteiger partial charge on any atom is -0.496 e. The van der Waals surface area contributed by atoms with E-state index in [2.05, 4.69) is 47.5 Å². The maximum Gasteiger partial charge on any atom is 0.237 e. The van der Waals surface area contributed by atoms with Crippen molar-refractivity contribution in [1.82, 2.24) is 20.4 Å². The first-order valence-corrected chi connectivity index (χ1v) is 8.54. The highest BCUT2D eigenvalue weighted by Gasteiger charge is 2.51. The number of ether oxygens (including phenoxy) is 1. The molecular formula is C18H24N4O2. The molecule has 2 heterocycles. The Labute approximate surface area is 142 Å².